The topological polar surface area (TPSA) is 12.0 Å². The Labute approximate surface area is 93.9 Å². The van der Waals surface area contributed by atoms with Crippen LogP contribution in [0.15, 0.2) is 18.2 Å². The van der Waals surface area contributed by atoms with Gasteiger partial charge in [0.15, 0.2) is 0 Å². The fourth-order valence-corrected chi connectivity index (χ4v) is 2.23. The highest BCUT2D eigenvalue weighted by Gasteiger charge is 2.15. The van der Waals surface area contributed by atoms with Crippen molar-refractivity contribution in [2.24, 2.45) is 5.92 Å². The number of hydrogen-bond acceptors (Lipinski definition) is 1. The quantitative estimate of drug-likeness (QED) is 0.791. The van der Waals surface area contributed by atoms with E-state index in [9.17, 15) is 0 Å². The minimum absolute atomic E-state index is 0.492. The predicted molar refractivity (Wildman–Crippen MR) is 67.2 cm³/mol. The van der Waals surface area contributed by atoms with Crippen molar-refractivity contribution < 1.29 is 0 Å². The number of aryl methyl sites for hydroxylation is 2. The van der Waals surface area contributed by atoms with Crippen LogP contribution in [-0.2, 0) is 0 Å². The zero-order valence-corrected chi connectivity index (χ0v) is 10.6. The molecule has 1 nitrogen and oxygen atoms in total. The van der Waals surface area contributed by atoms with Crippen molar-refractivity contribution in [3.63, 3.8) is 0 Å². The van der Waals surface area contributed by atoms with Crippen molar-refractivity contribution in [3.05, 3.63) is 34.9 Å². The van der Waals surface area contributed by atoms with Gasteiger partial charge in [-0.1, -0.05) is 32.0 Å². The standard InChI is InChI=1S/C14H23N/c1-10(2)9-13(15-5)14-11(3)7-6-8-12(14)4/h6-8,10,13,15H,9H2,1-5H3. The minimum Gasteiger partial charge on any atom is -0.313 e. The number of benzene rings is 1. The predicted octanol–water partition coefficient (Wildman–Crippen LogP) is 3.61. The lowest BCUT2D eigenvalue weighted by Gasteiger charge is -2.22. The minimum atomic E-state index is 0.492. The molecule has 0 bridgehead atoms. The first-order valence-electron chi connectivity index (χ1n) is 5.79. The van der Waals surface area contributed by atoms with Crippen LogP contribution in [-0.4, -0.2) is 7.05 Å². The largest absolute Gasteiger partial charge is 0.313 e. The Bertz CT molecular complexity index is 295. The molecule has 0 saturated carbocycles. The molecule has 0 spiro atoms. The molecule has 84 valence electrons. The molecule has 15 heavy (non-hydrogen) atoms. The molecule has 1 atom stereocenters. The lowest BCUT2D eigenvalue weighted by Crippen LogP contribution is -2.20. The van der Waals surface area contributed by atoms with E-state index in [4.69, 9.17) is 0 Å². The van der Waals surface area contributed by atoms with Gasteiger partial charge in [0.25, 0.3) is 0 Å². The maximum atomic E-state index is 3.43. The summed E-state index contributed by atoms with van der Waals surface area (Å²) in [5.74, 6) is 0.724. The molecule has 0 radical (unpaired) electrons. The molecule has 0 aliphatic heterocycles. The van der Waals surface area contributed by atoms with Crippen LogP contribution in [0.1, 0.15) is 43.0 Å². The lowest BCUT2D eigenvalue weighted by atomic mass is 9.91. The molecule has 0 aliphatic carbocycles. The average molecular weight is 205 g/mol. The van der Waals surface area contributed by atoms with E-state index in [2.05, 4.69) is 58.3 Å². The van der Waals surface area contributed by atoms with Crippen LogP contribution < -0.4 is 5.32 Å². The van der Waals surface area contributed by atoms with Gasteiger partial charge in [0, 0.05) is 6.04 Å². The zero-order valence-electron chi connectivity index (χ0n) is 10.6. The highest BCUT2D eigenvalue weighted by Crippen LogP contribution is 2.26. The van der Waals surface area contributed by atoms with E-state index in [1.54, 1.807) is 0 Å². The van der Waals surface area contributed by atoms with E-state index < -0.39 is 0 Å². The van der Waals surface area contributed by atoms with E-state index in [-0.39, 0.29) is 0 Å². The van der Waals surface area contributed by atoms with E-state index >= 15 is 0 Å². The SMILES string of the molecule is CNC(CC(C)C)c1c(C)cccc1C. The van der Waals surface area contributed by atoms with E-state index in [0.717, 1.165) is 5.92 Å². The van der Waals surface area contributed by atoms with Gasteiger partial charge in [-0.25, -0.2) is 0 Å². The van der Waals surface area contributed by atoms with Gasteiger partial charge in [-0.3, -0.25) is 0 Å². The van der Waals surface area contributed by atoms with Crippen LogP contribution in [0.4, 0.5) is 0 Å². The van der Waals surface area contributed by atoms with Crippen LogP contribution in [0.5, 0.6) is 0 Å². The van der Waals surface area contributed by atoms with Crippen molar-refractivity contribution in [1.29, 1.82) is 0 Å². The summed E-state index contributed by atoms with van der Waals surface area (Å²) < 4.78 is 0. The van der Waals surface area contributed by atoms with E-state index in [0.29, 0.717) is 6.04 Å². The van der Waals surface area contributed by atoms with Gasteiger partial charge in [-0.05, 0) is 49.9 Å². The summed E-state index contributed by atoms with van der Waals surface area (Å²) in [6.45, 7) is 8.95. The lowest BCUT2D eigenvalue weighted by molar-refractivity contribution is 0.454. The van der Waals surface area contributed by atoms with Crippen molar-refractivity contribution in [1.82, 2.24) is 5.32 Å². The maximum Gasteiger partial charge on any atom is 0.0325 e. The molecule has 1 unspecified atom stereocenters. The number of hydrogen-bond donors (Lipinski definition) is 1. The molecular formula is C14H23N. The molecule has 0 aliphatic rings. The molecule has 1 heteroatoms. The molecule has 1 N–H and O–H groups in total. The number of nitrogens with one attached hydrogen (secondary N) is 1. The third-order valence-electron chi connectivity index (χ3n) is 2.95. The monoisotopic (exact) mass is 205 g/mol. The van der Waals surface area contributed by atoms with Gasteiger partial charge in [-0.2, -0.15) is 0 Å². The average Bonchev–Trinajstić information content (AvgIpc) is 2.15. The summed E-state index contributed by atoms with van der Waals surface area (Å²) in [6, 6.07) is 7.03. The van der Waals surface area contributed by atoms with Crippen LogP contribution in [0.3, 0.4) is 0 Å². The molecule has 0 heterocycles. The Morgan fingerprint density at radius 1 is 1.13 bits per heavy atom. The highest BCUT2D eigenvalue weighted by molar-refractivity contribution is 5.36. The van der Waals surface area contributed by atoms with Gasteiger partial charge < -0.3 is 5.32 Å². The maximum absolute atomic E-state index is 3.43. The van der Waals surface area contributed by atoms with Crippen LogP contribution >= 0.6 is 0 Å². The first-order chi connectivity index (χ1) is 7.06. The van der Waals surface area contributed by atoms with Crippen LogP contribution in [0, 0.1) is 19.8 Å². The molecular weight excluding hydrogens is 182 g/mol. The second-order valence-electron chi connectivity index (χ2n) is 4.78. The van der Waals surface area contributed by atoms with Gasteiger partial charge in [0.05, 0.1) is 0 Å². The van der Waals surface area contributed by atoms with Gasteiger partial charge in [-0.15, -0.1) is 0 Å². The molecule has 1 aromatic carbocycles. The smallest absolute Gasteiger partial charge is 0.0325 e. The highest BCUT2D eigenvalue weighted by atomic mass is 14.9. The Morgan fingerprint density at radius 2 is 1.67 bits per heavy atom. The second kappa shape index (κ2) is 5.32. The third kappa shape index (κ3) is 3.07. The summed E-state index contributed by atoms with van der Waals surface area (Å²) in [5, 5.41) is 3.43. The van der Waals surface area contributed by atoms with Gasteiger partial charge in [0.1, 0.15) is 0 Å². The molecule has 0 saturated heterocycles. The first-order valence-corrected chi connectivity index (χ1v) is 5.79. The Kier molecular flexibility index (Phi) is 4.34. The van der Waals surface area contributed by atoms with Crippen molar-refractivity contribution in [2.45, 2.75) is 40.2 Å². The Balaban J connectivity index is 3.00. The van der Waals surface area contributed by atoms with Gasteiger partial charge >= 0.3 is 0 Å². The van der Waals surface area contributed by atoms with Crippen LogP contribution in [0.2, 0.25) is 0 Å². The zero-order chi connectivity index (χ0) is 11.4. The van der Waals surface area contributed by atoms with Crippen LogP contribution in [0.25, 0.3) is 0 Å². The summed E-state index contributed by atoms with van der Waals surface area (Å²) in [4.78, 5) is 0. The Morgan fingerprint density at radius 3 is 2.07 bits per heavy atom. The third-order valence-corrected chi connectivity index (χ3v) is 2.95. The normalized spacial score (nSPS) is 13.2. The summed E-state index contributed by atoms with van der Waals surface area (Å²) >= 11 is 0. The molecule has 0 aromatic heterocycles. The molecule has 0 fully saturated rings. The molecule has 1 aromatic rings. The van der Waals surface area contributed by atoms with E-state index in [1.165, 1.54) is 23.1 Å². The molecule has 1 rings (SSSR count). The number of rotatable bonds is 4. The second-order valence-corrected chi connectivity index (χ2v) is 4.78. The summed E-state index contributed by atoms with van der Waals surface area (Å²) in [5.41, 5.74) is 4.28. The van der Waals surface area contributed by atoms with Crippen molar-refractivity contribution >= 4 is 0 Å². The van der Waals surface area contributed by atoms with E-state index in [1.807, 2.05) is 0 Å². The first kappa shape index (κ1) is 12.3. The fourth-order valence-electron chi connectivity index (χ4n) is 2.23. The molecule has 0 amide bonds. The summed E-state index contributed by atoms with van der Waals surface area (Å²) in [6.07, 6.45) is 1.20. The Hall–Kier alpha value is -0.820. The summed E-state index contributed by atoms with van der Waals surface area (Å²) in [7, 11) is 2.05. The van der Waals surface area contributed by atoms with Crippen molar-refractivity contribution in [3.8, 4) is 0 Å². The van der Waals surface area contributed by atoms with Crippen molar-refractivity contribution in [2.75, 3.05) is 7.05 Å². The fraction of sp³-hybridized carbons (Fsp3) is 0.571. The van der Waals surface area contributed by atoms with Gasteiger partial charge in [0.2, 0.25) is 0 Å².